The number of carbonyl (C=O) groups excluding carboxylic acids is 1. The predicted molar refractivity (Wildman–Crippen MR) is 117 cm³/mol. The highest BCUT2D eigenvalue weighted by Gasteiger charge is 2.44. The van der Waals surface area contributed by atoms with Crippen molar-refractivity contribution < 1.29 is 13.9 Å². The molecule has 0 spiro atoms. The van der Waals surface area contributed by atoms with E-state index < -0.39 is 11.4 Å². The average Bonchev–Trinajstić information content (AvgIpc) is 2.89. The van der Waals surface area contributed by atoms with Crippen molar-refractivity contribution in [3.05, 3.63) is 32.6 Å². The van der Waals surface area contributed by atoms with Crippen LogP contribution in [0, 0.1) is 5.82 Å². The molecule has 29 heavy (non-hydrogen) atoms. The van der Waals surface area contributed by atoms with E-state index in [0.29, 0.717) is 18.5 Å². The normalized spacial score (nSPS) is 21.8. The molecule has 2 atom stereocenters. The van der Waals surface area contributed by atoms with Crippen molar-refractivity contribution in [2.75, 3.05) is 18.0 Å². The number of rotatable bonds is 1. The Labute approximate surface area is 187 Å². The lowest BCUT2D eigenvalue weighted by molar-refractivity contribution is 0.0123. The van der Waals surface area contributed by atoms with Crippen molar-refractivity contribution in [2.45, 2.75) is 51.3 Å². The summed E-state index contributed by atoms with van der Waals surface area (Å²) in [6.45, 7) is 6.82. The fraction of sp³-hybridized carbons (Fsp3) is 0.500. The van der Waals surface area contributed by atoms with Crippen molar-refractivity contribution >= 4 is 61.8 Å². The van der Waals surface area contributed by atoms with Gasteiger partial charge < -0.3 is 9.64 Å². The Bertz CT molecular complexity index is 984. The van der Waals surface area contributed by atoms with Gasteiger partial charge >= 0.3 is 6.09 Å². The first-order chi connectivity index (χ1) is 13.5. The number of ether oxygens (including phenoxy) is 1. The summed E-state index contributed by atoms with van der Waals surface area (Å²) in [6.07, 6.45) is 1.52. The number of benzene rings is 1. The lowest BCUT2D eigenvalue weighted by Crippen LogP contribution is -2.56. The molecule has 9 heteroatoms. The number of nitrogens with zero attached hydrogens (tertiary/aromatic N) is 3. The van der Waals surface area contributed by atoms with Gasteiger partial charge in [-0.25, -0.2) is 14.2 Å². The number of piperazine rings is 1. The molecule has 1 aromatic carbocycles. The smallest absolute Gasteiger partial charge is 0.410 e. The molecule has 0 saturated carbocycles. The lowest BCUT2D eigenvalue weighted by Gasteiger charge is -2.42. The van der Waals surface area contributed by atoms with E-state index in [2.05, 4.69) is 25.8 Å². The topological polar surface area (TPSA) is 45.7 Å². The molecule has 2 aliphatic rings. The Morgan fingerprint density at radius 2 is 1.86 bits per heavy atom. The van der Waals surface area contributed by atoms with Crippen molar-refractivity contribution in [3.63, 3.8) is 0 Å². The molecule has 3 heterocycles. The number of amides is 1. The highest BCUT2D eigenvalue weighted by Crippen LogP contribution is 2.40. The molecule has 1 amide bonds. The molecule has 2 aliphatic heterocycles. The summed E-state index contributed by atoms with van der Waals surface area (Å²) < 4.78 is 20.5. The molecule has 2 saturated heterocycles. The molecular formula is C20H21BrCl2FN3O2. The number of pyridine rings is 1. The van der Waals surface area contributed by atoms with E-state index in [4.69, 9.17) is 27.9 Å². The molecule has 2 fully saturated rings. The first-order valence-corrected chi connectivity index (χ1v) is 11.0. The monoisotopic (exact) mass is 503 g/mol. The van der Waals surface area contributed by atoms with Gasteiger partial charge in [-0.1, -0.05) is 23.2 Å². The van der Waals surface area contributed by atoms with Gasteiger partial charge in [0.05, 0.1) is 21.6 Å². The van der Waals surface area contributed by atoms with Crippen LogP contribution in [0.25, 0.3) is 10.9 Å². The molecule has 2 unspecified atom stereocenters. The molecule has 1 aromatic heterocycles. The molecule has 156 valence electrons. The summed E-state index contributed by atoms with van der Waals surface area (Å²) in [5.41, 5.74) is 0.407. The SMILES string of the molecule is CC(C)(C)OC(=O)N1C2CCC1CN(c1cc(Cl)nc3c(F)c(Br)c(Cl)cc13)C2. The Balaban J connectivity index is 1.68. The number of carbonyl (C=O) groups is 1. The second-order valence-corrected chi connectivity index (χ2v) is 10.1. The Kier molecular flexibility index (Phi) is 5.37. The van der Waals surface area contributed by atoms with Gasteiger partial charge in [0.25, 0.3) is 0 Å². The van der Waals surface area contributed by atoms with E-state index in [9.17, 15) is 9.18 Å². The lowest BCUT2D eigenvalue weighted by atomic mass is 10.1. The van der Waals surface area contributed by atoms with Crippen molar-refractivity contribution in [1.29, 1.82) is 0 Å². The molecule has 0 N–H and O–H groups in total. The van der Waals surface area contributed by atoms with E-state index in [0.717, 1.165) is 18.5 Å². The molecule has 4 rings (SSSR count). The number of hydrogen-bond donors (Lipinski definition) is 0. The number of anilines is 1. The van der Waals surface area contributed by atoms with Crippen LogP contribution in [0.15, 0.2) is 16.6 Å². The van der Waals surface area contributed by atoms with Gasteiger partial charge in [-0.15, -0.1) is 0 Å². The molecule has 0 aliphatic carbocycles. The maximum absolute atomic E-state index is 14.7. The maximum atomic E-state index is 14.7. The average molecular weight is 505 g/mol. The summed E-state index contributed by atoms with van der Waals surface area (Å²) in [5.74, 6) is -0.536. The first-order valence-electron chi connectivity index (χ1n) is 9.45. The standard InChI is InChI=1S/C20H21BrCl2FN3O2/c1-20(2,3)29-19(28)27-10-4-5-11(27)9-26(8-10)14-7-15(23)25-18-12(14)6-13(22)16(21)17(18)24/h6-7,10-11H,4-5,8-9H2,1-3H3. The van der Waals surface area contributed by atoms with Gasteiger partial charge in [0.2, 0.25) is 0 Å². The quantitative estimate of drug-likeness (QED) is 0.351. The molecule has 0 radical (unpaired) electrons. The van der Waals surface area contributed by atoms with Gasteiger partial charge in [-0.2, -0.15) is 0 Å². The summed E-state index contributed by atoms with van der Waals surface area (Å²) in [6, 6.07) is 3.49. The second-order valence-electron chi connectivity index (χ2n) is 8.52. The third kappa shape index (κ3) is 3.89. The van der Waals surface area contributed by atoms with Crippen LogP contribution in [0.3, 0.4) is 0 Å². The van der Waals surface area contributed by atoms with Crippen molar-refractivity contribution in [2.24, 2.45) is 0 Å². The Morgan fingerprint density at radius 3 is 2.45 bits per heavy atom. The van der Waals surface area contributed by atoms with Crippen LogP contribution >= 0.6 is 39.1 Å². The molecule has 5 nitrogen and oxygen atoms in total. The van der Waals surface area contributed by atoms with Gasteiger partial charge in [-0.05, 0) is 61.7 Å². The van der Waals surface area contributed by atoms with Gasteiger partial charge in [0.15, 0.2) is 5.82 Å². The second kappa shape index (κ2) is 7.43. The third-order valence-electron chi connectivity index (χ3n) is 5.31. The van der Waals surface area contributed by atoms with Crippen molar-refractivity contribution in [3.8, 4) is 0 Å². The fourth-order valence-electron chi connectivity index (χ4n) is 4.19. The van der Waals surface area contributed by atoms with Crippen LogP contribution in [-0.2, 0) is 4.74 Å². The minimum Gasteiger partial charge on any atom is -0.444 e. The largest absolute Gasteiger partial charge is 0.444 e. The van der Waals surface area contributed by atoms with E-state index in [1.165, 1.54) is 0 Å². The summed E-state index contributed by atoms with van der Waals surface area (Å²) in [5, 5.41) is 1.09. The minimum absolute atomic E-state index is 0.0290. The zero-order chi connectivity index (χ0) is 21.1. The summed E-state index contributed by atoms with van der Waals surface area (Å²) in [4.78, 5) is 20.9. The van der Waals surface area contributed by atoms with Gasteiger partial charge in [-0.3, -0.25) is 4.90 Å². The van der Waals surface area contributed by atoms with Gasteiger partial charge in [0.1, 0.15) is 16.3 Å². The number of hydrogen-bond acceptors (Lipinski definition) is 4. The van der Waals surface area contributed by atoms with E-state index in [1.807, 2.05) is 25.7 Å². The van der Waals surface area contributed by atoms with E-state index >= 15 is 0 Å². The zero-order valence-corrected chi connectivity index (χ0v) is 19.4. The van der Waals surface area contributed by atoms with Crippen LogP contribution in [0.1, 0.15) is 33.6 Å². The van der Waals surface area contributed by atoms with Crippen LogP contribution in [0.5, 0.6) is 0 Å². The van der Waals surface area contributed by atoms with Crippen LogP contribution in [-0.4, -0.2) is 46.8 Å². The molecule has 2 aromatic rings. The minimum atomic E-state index is -0.538. The van der Waals surface area contributed by atoms with Crippen LogP contribution in [0.2, 0.25) is 10.2 Å². The maximum Gasteiger partial charge on any atom is 0.410 e. The van der Waals surface area contributed by atoms with Crippen molar-refractivity contribution in [1.82, 2.24) is 9.88 Å². The predicted octanol–water partition coefficient (Wildman–Crippen LogP) is 6.03. The number of fused-ring (bicyclic) bond motifs is 3. The highest BCUT2D eigenvalue weighted by molar-refractivity contribution is 9.10. The molecule has 2 bridgehead atoms. The van der Waals surface area contributed by atoms with Crippen LogP contribution in [0.4, 0.5) is 14.9 Å². The molecular weight excluding hydrogens is 484 g/mol. The van der Waals surface area contributed by atoms with E-state index in [-0.39, 0.29) is 38.3 Å². The Hall–Kier alpha value is -1.31. The highest BCUT2D eigenvalue weighted by atomic mass is 79.9. The van der Waals surface area contributed by atoms with E-state index in [1.54, 1.807) is 12.1 Å². The van der Waals surface area contributed by atoms with Gasteiger partial charge in [0, 0.05) is 24.2 Å². The first kappa shape index (κ1) is 20.9. The zero-order valence-electron chi connectivity index (χ0n) is 16.3. The fourth-order valence-corrected chi connectivity index (χ4v) is 4.88. The van der Waals surface area contributed by atoms with Crippen LogP contribution < -0.4 is 4.90 Å². The summed E-state index contributed by atoms with van der Waals surface area (Å²) >= 11 is 15.6. The number of halogens is 4. The summed E-state index contributed by atoms with van der Waals surface area (Å²) in [7, 11) is 0. The third-order valence-corrected chi connectivity index (χ3v) is 6.81. The Morgan fingerprint density at radius 1 is 1.24 bits per heavy atom. The number of aromatic nitrogens is 1.